The van der Waals surface area contributed by atoms with Crippen LogP contribution in [0.2, 0.25) is 0 Å². The van der Waals surface area contributed by atoms with Gasteiger partial charge in [-0.1, -0.05) is 0 Å². The second-order valence-corrected chi connectivity index (χ2v) is 7.67. The van der Waals surface area contributed by atoms with Crippen molar-refractivity contribution in [1.82, 2.24) is 24.6 Å². The Kier molecular flexibility index (Phi) is 4.90. The van der Waals surface area contributed by atoms with E-state index in [1.54, 1.807) is 40.5 Å². The van der Waals surface area contributed by atoms with Crippen molar-refractivity contribution < 1.29 is 0 Å². The molecule has 1 fully saturated rings. The number of thiazole rings is 1. The molecular formula is C19H21N5OS. The molecule has 0 amide bonds. The molecule has 0 aromatic carbocycles. The molecule has 0 radical (unpaired) electrons. The maximum atomic E-state index is 12.3. The Bertz CT molecular complexity index is 936. The first kappa shape index (κ1) is 17.1. The van der Waals surface area contributed by atoms with E-state index in [0.717, 1.165) is 47.9 Å². The van der Waals surface area contributed by atoms with Crippen LogP contribution in [0.15, 0.2) is 46.8 Å². The minimum atomic E-state index is -0.0611. The molecule has 0 saturated carbocycles. The molecule has 4 rings (SSSR count). The first-order chi connectivity index (χ1) is 12.7. The Morgan fingerprint density at radius 1 is 1.31 bits per heavy atom. The summed E-state index contributed by atoms with van der Waals surface area (Å²) < 4.78 is 1.59. The van der Waals surface area contributed by atoms with Crippen molar-refractivity contribution in [2.75, 3.05) is 6.54 Å². The molecule has 3 aromatic rings. The summed E-state index contributed by atoms with van der Waals surface area (Å²) in [7, 11) is 0. The van der Waals surface area contributed by atoms with Crippen molar-refractivity contribution in [3.05, 3.63) is 63.1 Å². The summed E-state index contributed by atoms with van der Waals surface area (Å²) >= 11 is 1.68. The average molecular weight is 367 g/mol. The highest BCUT2D eigenvalue weighted by atomic mass is 32.1. The van der Waals surface area contributed by atoms with Crippen molar-refractivity contribution in [2.45, 2.75) is 38.9 Å². The van der Waals surface area contributed by atoms with E-state index in [-0.39, 0.29) is 5.56 Å². The van der Waals surface area contributed by atoms with Crippen LogP contribution >= 0.6 is 11.3 Å². The molecular weight excluding hydrogens is 346 g/mol. The maximum Gasteiger partial charge on any atom is 0.266 e. The van der Waals surface area contributed by atoms with Crippen molar-refractivity contribution in [3.8, 4) is 11.3 Å². The van der Waals surface area contributed by atoms with Crippen molar-refractivity contribution in [2.24, 2.45) is 0 Å². The number of aryl methyl sites for hydroxylation is 1. The molecule has 26 heavy (non-hydrogen) atoms. The van der Waals surface area contributed by atoms with Gasteiger partial charge in [-0.25, -0.2) is 9.67 Å². The quantitative estimate of drug-likeness (QED) is 0.694. The van der Waals surface area contributed by atoms with Gasteiger partial charge in [0, 0.05) is 42.0 Å². The first-order valence-electron chi connectivity index (χ1n) is 8.83. The van der Waals surface area contributed by atoms with Gasteiger partial charge >= 0.3 is 0 Å². The predicted molar refractivity (Wildman–Crippen MR) is 102 cm³/mol. The minimum Gasteiger partial charge on any atom is -0.293 e. The molecule has 134 valence electrons. The molecule has 3 aromatic heterocycles. The van der Waals surface area contributed by atoms with Crippen molar-refractivity contribution in [1.29, 1.82) is 0 Å². The first-order valence-corrected chi connectivity index (χ1v) is 9.70. The highest BCUT2D eigenvalue weighted by molar-refractivity contribution is 7.09. The zero-order chi connectivity index (χ0) is 17.9. The normalized spacial score (nSPS) is 17.7. The molecule has 0 spiro atoms. The molecule has 0 bridgehead atoms. The molecule has 0 N–H and O–H groups in total. The standard InChI is InChI=1S/C19H21N5OS/c1-14-21-16(13-26-14)11-23-9-3-5-17(23)12-24-19(25)7-6-18(22-24)15-4-2-8-20-10-15/h2,4,6-8,10,13,17H,3,5,9,11-12H2,1H3. The summed E-state index contributed by atoms with van der Waals surface area (Å²) in [6, 6.07) is 7.50. The molecule has 6 nitrogen and oxygen atoms in total. The van der Waals surface area contributed by atoms with Crippen LogP contribution in [0.25, 0.3) is 11.3 Å². The van der Waals surface area contributed by atoms with E-state index in [9.17, 15) is 4.79 Å². The van der Waals surface area contributed by atoms with Gasteiger partial charge in [-0.15, -0.1) is 11.3 Å². The molecule has 7 heteroatoms. The number of pyridine rings is 1. The topological polar surface area (TPSA) is 63.9 Å². The van der Waals surface area contributed by atoms with E-state index in [1.165, 1.54) is 0 Å². The number of nitrogens with zero attached hydrogens (tertiary/aromatic N) is 5. The zero-order valence-electron chi connectivity index (χ0n) is 14.7. The number of rotatable bonds is 5. The molecule has 4 heterocycles. The van der Waals surface area contributed by atoms with Crippen LogP contribution < -0.4 is 5.56 Å². The van der Waals surface area contributed by atoms with E-state index in [4.69, 9.17) is 0 Å². The van der Waals surface area contributed by atoms with Gasteiger partial charge in [0.25, 0.3) is 5.56 Å². The van der Waals surface area contributed by atoms with E-state index >= 15 is 0 Å². The summed E-state index contributed by atoms with van der Waals surface area (Å²) in [5, 5.41) is 7.79. The number of hydrogen-bond donors (Lipinski definition) is 0. The Balaban J connectivity index is 1.53. The highest BCUT2D eigenvalue weighted by Crippen LogP contribution is 2.22. The summed E-state index contributed by atoms with van der Waals surface area (Å²) in [6.45, 7) is 4.52. The second kappa shape index (κ2) is 7.47. The lowest BCUT2D eigenvalue weighted by Gasteiger charge is -2.24. The summed E-state index contributed by atoms with van der Waals surface area (Å²) in [6.07, 6.45) is 5.72. The lowest BCUT2D eigenvalue weighted by Crippen LogP contribution is -2.36. The van der Waals surface area contributed by atoms with Crippen LogP contribution in [0.4, 0.5) is 0 Å². The van der Waals surface area contributed by atoms with Gasteiger partial charge in [0.05, 0.1) is 22.9 Å². The predicted octanol–water partition coefficient (Wildman–Crippen LogP) is 2.73. The Morgan fingerprint density at radius 3 is 3.00 bits per heavy atom. The maximum absolute atomic E-state index is 12.3. The summed E-state index contributed by atoms with van der Waals surface area (Å²) in [5.41, 5.74) is 2.75. The minimum absolute atomic E-state index is 0.0611. The second-order valence-electron chi connectivity index (χ2n) is 6.61. The van der Waals surface area contributed by atoms with Crippen LogP contribution in [0, 0.1) is 6.92 Å². The number of aromatic nitrogens is 4. The molecule has 1 aliphatic heterocycles. The van der Waals surface area contributed by atoms with E-state index in [2.05, 4.69) is 25.3 Å². The molecule has 1 unspecified atom stereocenters. The SMILES string of the molecule is Cc1nc(CN2CCCC2Cn2nc(-c3cccnc3)ccc2=O)cs1. The molecule has 1 saturated heterocycles. The third-order valence-electron chi connectivity index (χ3n) is 4.74. The third kappa shape index (κ3) is 3.73. The lowest BCUT2D eigenvalue weighted by molar-refractivity contribution is 0.215. The Hall–Kier alpha value is -2.38. The van der Waals surface area contributed by atoms with Gasteiger partial charge in [0.1, 0.15) is 0 Å². The fourth-order valence-corrected chi connectivity index (χ4v) is 4.05. The number of hydrogen-bond acceptors (Lipinski definition) is 6. The highest BCUT2D eigenvalue weighted by Gasteiger charge is 2.26. The average Bonchev–Trinajstić information content (AvgIpc) is 3.27. The molecule has 0 aliphatic carbocycles. The Morgan fingerprint density at radius 2 is 2.23 bits per heavy atom. The molecule has 1 aliphatic rings. The van der Waals surface area contributed by atoms with Crippen LogP contribution in [-0.4, -0.2) is 37.2 Å². The smallest absolute Gasteiger partial charge is 0.266 e. The van der Waals surface area contributed by atoms with Gasteiger partial charge in [-0.3, -0.25) is 14.7 Å². The summed E-state index contributed by atoms with van der Waals surface area (Å²) in [4.78, 5) is 23.4. The Labute approximate surface area is 156 Å². The largest absolute Gasteiger partial charge is 0.293 e. The van der Waals surface area contributed by atoms with Gasteiger partial charge in [-0.2, -0.15) is 5.10 Å². The van der Waals surface area contributed by atoms with E-state index in [0.29, 0.717) is 12.6 Å². The fourth-order valence-electron chi connectivity index (χ4n) is 3.45. The van der Waals surface area contributed by atoms with Crippen molar-refractivity contribution >= 4 is 11.3 Å². The fraction of sp³-hybridized carbons (Fsp3) is 0.368. The number of likely N-dealkylation sites (tertiary alicyclic amines) is 1. The van der Waals surface area contributed by atoms with Gasteiger partial charge in [-0.05, 0) is 44.5 Å². The van der Waals surface area contributed by atoms with Crippen LogP contribution in [0.5, 0.6) is 0 Å². The summed E-state index contributed by atoms with van der Waals surface area (Å²) in [5.74, 6) is 0. The zero-order valence-corrected chi connectivity index (χ0v) is 15.5. The van der Waals surface area contributed by atoms with Crippen LogP contribution in [0.3, 0.4) is 0 Å². The van der Waals surface area contributed by atoms with Crippen LogP contribution in [-0.2, 0) is 13.1 Å². The van der Waals surface area contributed by atoms with E-state index < -0.39 is 0 Å². The van der Waals surface area contributed by atoms with Gasteiger partial charge in [0.2, 0.25) is 0 Å². The lowest BCUT2D eigenvalue weighted by atomic mass is 10.2. The van der Waals surface area contributed by atoms with Gasteiger partial charge < -0.3 is 0 Å². The monoisotopic (exact) mass is 367 g/mol. The van der Waals surface area contributed by atoms with Crippen LogP contribution in [0.1, 0.15) is 23.5 Å². The van der Waals surface area contributed by atoms with Crippen molar-refractivity contribution in [3.63, 3.8) is 0 Å². The van der Waals surface area contributed by atoms with Gasteiger partial charge in [0.15, 0.2) is 0 Å². The molecule has 1 atom stereocenters. The van der Waals surface area contributed by atoms with E-state index in [1.807, 2.05) is 19.1 Å². The third-order valence-corrected chi connectivity index (χ3v) is 5.56.